The molecule has 1 heterocycles. The van der Waals surface area contributed by atoms with Gasteiger partial charge in [-0.05, 0) is 35.7 Å². The molecule has 2 aromatic carbocycles. The van der Waals surface area contributed by atoms with Crippen molar-refractivity contribution in [3.8, 4) is 0 Å². The summed E-state index contributed by atoms with van der Waals surface area (Å²) in [6.07, 6.45) is 1.44. The van der Waals surface area contributed by atoms with Gasteiger partial charge in [0.05, 0.1) is 11.9 Å². The fourth-order valence-corrected chi connectivity index (χ4v) is 2.20. The van der Waals surface area contributed by atoms with Crippen molar-refractivity contribution in [2.75, 3.05) is 10.6 Å². The van der Waals surface area contributed by atoms with Crippen LogP contribution in [0.15, 0.2) is 54.7 Å². The van der Waals surface area contributed by atoms with Gasteiger partial charge >= 0.3 is 0 Å². The predicted molar refractivity (Wildman–Crippen MR) is 93.3 cm³/mol. The summed E-state index contributed by atoms with van der Waals surface area (Å²) in [6.45, 7) is 4.29. The van der Waals surface area contributed by atoms with Crippen molar-refractivity contribution >= 4 is 23.1 Å². The Hall–Kier alpha value is -3.02. The van der Waals surface area contributed by atoms with E-state index < -0.39 is 0 Å². The van der Waals surface area contributed by atoms with Gasteiger partial charge in [0.25, 0.3) is 0 Å². The van der Waals surface area contributed by atoms with Crippen LogP contribution in [0.5, 0.6) is 0 Å². The molecule has 3 aromatic rings. The summed E-state index contributed by atoms with van der Waals surface area (Å²) in [5, 5.41) is 13.8. The van der Waals surface area contributed by atoms with Crippen LogP contribution in [0, 0.1) is 5.82 Å². The Morgan fingerprint density at radius 3 is 2.42 bits per heavy atom. The number of nitrogens with zero attached hydrogens (tertiary/aromatic N) is 3. The monoisotopic (exact) mass is 323 g/mol. The average Bonchev–Trinajstić information content (AvgIpc) is 2.58. The molecule has 0 bridgehead atoms. The van der Waals surface area contributed by atoms with Gasteiger partial charge < -0.3 is 10.6 Å². The zero-order chi connectivity index (χ0) is 16.9. The lowest BCUT2D eigenvalue weighted by Crippen LogP contribution is -2.03. The molecule has 3 rings (SSSR count). The highest BCUT2D eigenvalue weighted by atomic mass is 19.1. The summed E-state index contributed by atoms with van der Waals surface area (Å²) in [4.78, 5) is 4.30. The van der Waals surface area contributed by atoms with Crippen molar-refractivity contribution in [3.63, 3.8) is 0 Å². The molecule has 1 aromatic heterocycles. The van der Waals surface area contributed by atoms with Gasteiger partial charge in [0.15, 0.2) is 5.82 Å². The fourth-order valence-electron chi connectivity index (χ4n) is 2.20. The van der Waals surface area contributed by atoms with E-state index in [1.54, 1.807) is 18.2 Å². The van der Waals surface area contributed by atoms with E-state index in [1.165, 1.54) is 17.8 Å². The molecule has 0 radical (unpaired) electrons. The number of halogens is 1. The lowest BCUT2D eigenvalue weighted by molar-refractivity contribution is 0.632. The summed E-state index contributed by atoms with van der Waals surface area (Å²) >= 11 is 0. The molecule has 0 atom stereocenters. The molecular formula is C18H18FN5. The maximum atomic E-state index is 13.7. The van der Waals surface area contributed by atoms with E-state index in [4.69, 9.17) is 0 Å². The normalized spacial score (nSPS) is 10.7. The van der Waals surface area contributed by atoms with Gasteiger partial charge in [-0.25, -0.2) is 4.39 Å². The van der Waals surface area contributed by atoms with Crippen LogP contribution in [-0.4, -0.2) is 15.2 Å². The standard InChI is InChI=1S/C18H18FN5/c1-12(2)13-7-9-14(10-8-13)21-18-23-17(11-20-24-18)22-16-6-4-3-5-15(16)19/h3-12H,1-2H3,(H2,21,22,23,24). The highest BCUT2D eigenvalue weighted by Crippen LogP contribution is 2.21. The number of rotatable bonds is 5. The molecule has 0 saturated carbocycles. The molecule has 0 aliphatic rings. The number of hydrogen-bond donors (Lipinski definition) is 2. The third kappa shape index (κ3) is 3.84. The number of anilines is 4. The molecular weight excluding hydrogens is 305 g/mol. The van der Waals surface area contributed by atoms with Gasteiger partial charge in [0, 0.05) is 5.69 Å². The number of nitrogens with one attached hydrogen (secondary N) is 2. The van der Waals surface area contributed by atoms with E-state index in [2.05, 4.69) is 51.8 Å². The number of para-hydroxylation sites is 1. The van der Waals surface area contributed by atoms with Crippen molar-refractivity contribution in [1.29, 1.82) is 0 Å². The van der Waals surface area contributed by atoms with Crippen molar-refractivity contribution in [2.24, 2.45) is 0 Å². The molecule has 0 aliphatic carbocycles. The maximum Gasteiger partial charge on any atom is 0.249 e. The summed E-state index contributed by atoms with van der Waals surface area (Å²) in [6, 6.07) is 14.4. The second-order valence-electron chi connectivity index (χ2n) is 5.67. The van der Waals surface area contributed by atoms with Crippen molar-refractivity contribution in [3.05, 3.63) is 66.1 Å². The van der Waals surface area contributed by atoms with Crippen molar-refractivity contribution in [2.45, 2.75) is 19.8 Å². The van der Waals surface area contributed by atoms with E-state index in [9.17, 15) is 4.39 Å². The minimum Gasteiger partial charge on any atom is -0.336 e. The molecule has 0 saturated heterocycles. The third-order valence-corrected chi connectivity index (χ3v) is 3.53. The van der Waals surface area contributed by atoms with Gasteiger partial charge in [-0.15, -0.1) is 5.10 Å². The first-order chi connectivity index (χ1) is 11.6. The Kier molecular flexibility index (Phi) is 4.65. The van der Waals surface area contributed by atoms with Crippen LogP contribution in [0.1, 0.15) is 25.3 Å². The highest BCUT2D eigenvalue weighted by molar-refractivity contribution is 5.59. The minimum atomic E-state index is -0.352. The van der Waals surface area contributed by atoms with Gasteiger partial charge in [-0.1, -0.05) is 38.1 Å². The van der Waals surface area contributed by atoms with Crippen LogP contribution in [0.3, 0.4) is 0 Å². The van der Waals surface area contributed by atoms with Crippen LogP contribution >= 0.6 is 0 Å². The van der Waals surface area contributed by atoms with Crippen LogP contribution in [0.4, 0.5) is 27.5 Å². The summed E-state index contributed by atoms with van der Waals surface area (Å²) in [5.74, 6) is 0.880. The zero-order valence-corrected chi connectivity index (χ0v) is 13.5. The molecule has 0 spiro atoms. The third-order valence-electron chi connectivity index (χ3n) is 3.53. The number of benzene rings is 2. The molecule has 5 nitrogen and oxygen atoms in total. The molecule has 6 heteroatoms. The van der Waals surface area contributed by atoms with Crippen molar-refractivity contribution < 1.29 is 4.39 Å². The minimum absolute atomic E-state index is 0.338. The second-order valence-corrected chi connectivity index (χ2v) is 5.67. The molecule has 122 valence electrons. The maximum absolute atomic E-state index is 13.7. The Bertz CT molecular complexity index is 818. The van der Waals surface area contributed by atoms with Crippen molar-refractivity contribution in [1.82, 2.24) is 15.2 Å². The second kappa shape index (κ2) is 7.04. The predicted octanol–water partition coefficient (Wildman–Crippen LogP) is 4.62. The molecule has 0 aliphatic heterocycles. The van der Waals surface area contributed by atoms with Gasteiger partial charge in [-0.3, -0.25) is 0 Å². The molecule has 0 amide bonds. The summed E-state index contributed by atoms with van der Waals surface area (Å²) in [7, 11) is 0. The average molecular weight is 323 g/mol. The van der Waals surface area contributed by atoms with Gasteiger partial charge in [0.1, 0.15) is 5.82 Å². The molecule has 24 heavy (non-hydrogen) atoms. The first-order valence-corrected chi connectivity index (χ1v) is 7.70. The van der Waals surface area contributed by atoms with Gasteiger partial charge in [-0.2, -0.15) is 10.1 Å². The summed E-state index contributed by atoms with van der Waals surface area (Å²) < 4.78 is 13.7. The lowest BCUT2D eigenvalue weighted by atomic mass is 10.0. The first-order valence-electron chi connectivity index (χ1n) is 7.70. The fraction of sp³-hybridized carbons (Fsp3) is 0.167. The number of hydrogen-bond acceptors (Lipinski definition) is 5. The lowest BCUT2D eigenvalue weighted by Gasteiger charge is -2.09. The van der Waals surface area contributed by atoms with Crippen LogP contribution in [-0.2, 0) is 0 Å². The topological polar surface area (TPSA) is 62.7 Å². The Morgan fingerprint density at radius 2 is 1.71 bits per heavy atom. The summed E-state index contributed by atoms with van der Waals surface area (Å²) in [5.41, 5.74) is 2.46. The molecule has 0 unspecified atom stereocenters. The largest absolute Gasteiger partial charge is 0.336 e. The Morgan fingerprint density at radius 1 is 0.958 bits per heavy atom. The Balaban J connectivity index is 1.74. The molecule has 2 N–H and O–H groups in total. The van der Waals surface area contributed by atoms with Crippen LogP contribution < -0.4 is 10.6 Å². The van der Waals surface area contributed by atoms with E-state index in [0.29, 0.717) is 23.4 Å². The van der Waals surface area contributed by atoms with Crippen LogP contribution in [0.2, 0.25) is 0 Å². The SMILES string of the molecule is CC(C)c1ccc(Nc2nncc(Nc3ccccc3F)n2)cc1. The van der Waals surface area contributed by atoms with E-state index >= 15 is 0 Å². The zero-order valence-electron chi connectivity index (χ0n) is 13.5. The van der Waals surface area contributed by atoms with Gasteiger partial charge in [0.2, 0.25) is 5.95 Å². The van der Waals surface area contributed by atoms with E-state index in [0.717, 1.165) is 5.69 Å². The quantitative estimate of drug-likeness (QED) is 0.717. The number of aromatic nitrogens is 3. The van der Waals surface area contributed by atoms with E-state index in [1.807, 2.05) is 12.1 Å². The molecule has 0 fully saturated rings. The first kappa shape index (κ1) is 15.9. The smallest absolute Gasteiger partial charge is 0.249 e. The van der Waals surface area contributed by atoms with Crippen LogP contribution in [0.25, 0.3) is 0 Å². The van der Waals surface area contributed by atoms with E-state index in [-0.39, 0.29) is 5.82 Å². The highest BCUT2D eigenvalue weighted by Gasteiger charge is 2.05. The Labute approximate surface area is 140 Å².